The van der Waals surface area contributed by atoms with Crippen molar-refractivity contribution in [1.29, 1.82) is 0 Å². The lowest BCUT2D eigenvalue weighted by atomic mass is 10.1. The Labute approximate surface area is 129 Å². The Kier molecular flexibility index (Phi) is 7.05. The highest BCUT2D eigenvalue weighted by Gasteiger charge is 2.10. The first-order chi connectivity index (χ1) is 9.81. The lowest BCUT2D eigenvalue weighted by molar-refractivity contribution is 0.400. The average molecular weight is 293 g/mol. The van der Waals surface area contributed by atoms with E-state index in [0.717, 1.165) is 44.1 Å². The zero-order valence-corrected chi connectivity index (χ0v) is 14.5. The monoisotopic (exact) mass is 293 g/mol. The van der Waals surface area contributed by atoms with Crippen molar-refractivity contribution in [3.8, 4) is 0 Å². The molecule has 21 heavy (non-hydrogen) atoms. The van der Waals surface area contributed by atoms with Crippen LogP contribution in [0.2, 0.25) is 0 Å². The molecule has 0 atom stereocenters. The topological polar surface area (TPSA) is 44.3 Å². The summed E-state index contributed by atoms with van der Waals surface area (Å²) >= 11 is 0. The van der Waals surface area contributed by atoms with Crippen molar-refractivity contribution < 1.29 is 0 Å². The van der Waals surface area contributed by atoms with Crippen LogP contribution in [0, 0.1) is 0 Å². The number of nitrogens with zero attached hydrogens (tertiary/aromatic N) is 4. The highest BCUT2D eigenvalue weighted by atomic mass is 15.2. The summed E-state index contributed by atoms with van der Waals surface area (Å²) in [7, 11) is 4.21. The normalized spacial score (nSPS) is 12.0. The molecule has 0 amide bonds. The van der Waals surface area contributed by atoms with Crippen molar-refractivity contribution >= 4 is 5.82 Å². The number of aromatic nitrogens is 2. The van der Waals surface area contributed by atoms with E-state index in [-0.39, 0.29) is 5.54 Å². The van der Waals surface area contributed by atoms with E-state index in [1.54, 1.807) is 0 Å². The maximum absolute atomic E-state index is 4.56. The summed E-state index contributed by atoms with van der Waals surface area (Å²) in [6.07, 6.45) is 4.90. The van der Waals surface area contributed by atoms with Crippen LogP contribution in [0.5, 0.6) is 0 Å². The van der Waals surface area contributed by atoms with Gasteiger partial charge in [-0.1, -0.05) is 0 Å². The molecule has 1 heterocycles. The molecule has 5 heteroatoms. The van der Waals surface area contributed by atoms with E-state index < -0.39 is 0 Å². The summed E-state index contributed by atoms with van der Waals surface area (Å²) in [5, 5.41) is 3.43. The molecule has 1 N–H and O–H groups in total. The zero-order chi connectivity index (χ0) is 15.9. The maximum Gasteiger partial charge on any atom is 0.147 e. The molecule has 5 nitrogen and oxygen atoms in total. The first kappa shape index (κ1) is 17.9. The zero-order valence-electron chi connectivity index (χ0n) is 14.5. The lowest BCUT2D eigenvalue weighted by Crippen LogP contribution is -2.35. The second-order valence-corrected chi connectivity index (χ2v) is 6.71. The van der Waals surface area contributed by atoms with E-state index in [4.69, 9.17) is 0 Å². The van der Waals surface area contributed by atoms with Gasteiger partial charge in [-0.3, -0.25) is 4.98 Å². The van der Waals surface area contributed by atoms with E-state index in [0.29, 0.717) is 0 Å². The molecule has 0 aliphatic carbocycles. The number of hydrogen-bond donors (Lipinski definition) is 1. The fourth-order valence-electron chi connectivity index (χ4n) is 1.97. The minimum absolute atomic E-state index is 0.0992. The van der Waals surface area contributed by atoms with Crippen LogP contribution >= 0.6 is 0 Å². The Balaban J connectivity index is 2.54. The van der Waals surface area contributed by atoms with Crippen molar-refractivity contribution in [2.75, 3.05) is 38.6 Å². The first-order valence-electron chi connectivity index (χ1n) is 7.77. The molecule has 0 unspecified atom stereocenters. The second kappa shape index (κ2) is 8.29. The molecular weight excluding hydrogens is 262 g/mol. The van der Waals surface area contributed by atoms with Crippen molar-refractivity contribution in [3.05, 3.63) is 18.1 Å². The van der Waals surface area contributed by atoms with Crippen LogP contribution in [0.4, 0.5) is 5.82 Å². The third-order valence-corrected chi connectivity index (χ3v) is 3.23. The molecule has 0 radical (unpaired) electrons. The summed E-state index contributed by atoms with van der Waals surface area (Å²) in [6, 6.07) is 0. The second-order valence-electron chi connectivity index (χ2n) is 6.71. The summed E-state index contributed by atoms with van der Waals surface area (Å²) in [6.45, 7) is 12.4. The summed E-state index contributed by atoms with van der Waals surface area (Å²) in [5.41, 5.74) is 1.08. The average Bonchev–Trinajstić information content (AvgIpc) is 2.41. The highest BCUT2D eigenvalue weighted by Crippen LogP contribution is 2.10. The van der Waals surface area contributed by atoms with Crippen LogP contribution in [0.3, 0.4) is 0 Å². The van der Waals surface area contributed by atoms with Gasteiger partial charge in [-0.05, 0) is 54.8 Å². The van der Waals surface area contributed by atoms with Gasteiger partial charge >= 0.3 is 0 Å². The molecule has 0 aliphatic heterocycles. The molecule has 0 aromatic carbocycles. The maximum atomic E-state index is 4.56. The van der Waals surface area contributed by atoms with Crippen LogP contribution in [-0.2, 0) is 6.54 Å². The molecule has 0 spiro atoms. The highest BCUT2D eigenvalue weighted by molar-refractivity contribution is 5.35. The van der Waals surface area contributed by atoms with Crippen molar-refractivity contribution in [3.63, 3.8) is 0 Å². The molecular formula is C16H31N5. The summed E-state index contributed by atoms with van der Waals surface area (Å²) < 4.78 is 0. The Bertz CT molecular complexity index is 394. The third kappa shape index (κ3) is 7.39. The molecule has 0 saturated carbocycles. The Morgan fingerprint density at radius 1 is 1.10 bits per heavy atom. The summed E-state index contributed by atoms with van der Waals surface area (Å²) in [4.78, 5) is 13.6. The van der Waals surface area contributed by atoms with Gasteiger partial charge in [0, 0.05) is 25.2 Å². The van der Waals surface area contributed by atoms with Gasteiger partial charge < -0.3 is 15.1 Å². The van der Waals surface area contributed by atoms with Gasteiger partial charge in [-0.2, -0.15) is 0 Å². The molecule has 0 bridgehead atoms. The van der Waals surface area contributed by atoms with E-state index in [1.807, 2.05) is 12.4 Å². The van der Waals surface area contributed by atoms with Crippen LogP contribution in [0.15, 0.2) is 12.4 Å². The van der Waals surface area contributed by atoms with Crippen molar-refractivity contribution in [1.82, 2.24) is 20.2 Å². The molecule has 0 fully saturated rings. The van der Waals surface area contributed by atoms with Gasteiger partial charge in [-0.25, -0.2) is 4.98 Å². The number of hydrogen-bond acceptors (Lipinski definition) is 5. The minimum atomic E-state index is 0.0992. The molecule has 1 aromatic heterocycles. The molecule has 0 saturated heterocycles. The van der Waals surface area contributed by atoms with Gasteiger partial charge in [0.1, 0.15) is 5.82 Å². The quantitative estimate of drug-likeness (QED) is 0.795. The first-order valence-corrected chi connectivity index (χ1v) is 7.77. The van der Waals surface area contributed by atoms with E-state index in [2.05, 4.69) is 66.9 Å². The van der Waals surface area contributed by atoms with Crippen molar-refractivity contribution in [2.45, 2.75) is 46.2 Å². The van der Waals surface area contributed by atoms with Crippen molar-refractivity contribution in [2.24, 2.45) is 0 Å². The van der Waals surface area contributed by atoms with Gasteiger partial charge in [0.2, 0.25) is 0 Å². The van der Waals surface area contributed by atoms with E-state index in [1.165, 1.54) is 0 Å². The smallest absolute Gasteiger partial charge is 0.147 e. The fourth-order valence-corrected chi connectivity index (χ4v) is 1.97. The largest absolute Gasteiger partial charge is 0.356 e. The van der Waals surface area contributed by atoms with Gasteiger partial charge in [0.05, 0.1) is 18.1 Å². The van der Waals surface area contributed by atoms with E-state index >= 15 is 0 Å². The number of anilines is 1. The molecule has 120 valence electrons. The minimum Gasteiger partial charge on any atom is -0.356 e. The molecule has 0 aliphatic rings. The Hall–Kier alpha value is -1.20. The van der Waals surface area contributed by atoms with Crippen LogP contribution in [-0.4, -0.2) is 54.1 Å². The SMILES string of the molecule is CCN(CCCN(C)C)c1cnc(CNC(C)(C)C)cn1. The summed E-state index contributed by atoms with van der Waals surface area (Å²) in [5.74, 6) is 0.968. The van der Waals surface area contributed by atoms with Crippen LogP contribution in [0.1, 0.15) is 39.8 Å². The molecule has 1 rings (SSSR count). The predicted octanol–water partition coefficient (Wildman–Crippen LogP) is 2.14. The molecule has 1 aromatic rings. The van der Waals surface area contributed by atoms with Gasteiger partial charge in [0.25, 0.3) is 0 Å². The van der Waals surface area contributed by atoms with Crippen LogP contribution < -0.4 is 10.2 Å². The van der Waals surface area contributed by atoms with Gasteiger partial charge in [-0.15, -0.1) is 0 Å². The number of nitrogens with one attached hydrogen (secondary N) is 1. The standard InChI is InChI=1S/C16H31N5/c1-7-21(10-8-9-20(5)6)15-13-17-14(11-18-15)12-19-16(2,3)4/h11,13,19H,7-10,12H2,1-6H3. The fraction of sp³-hybridized carbons (Fsp3) is 0.750. The van der Waals surface area contributed by atoms with Gasteiger partial charge in [0.15, 0.2) is 0 Å². The third-order valence-electron chi connectivity index (χ3n) is 3.23. The lowest BCUT2D eigenvalue weighted by Gasteiger charge is -2.23. The predicted molar refractivity (Wildman–Crippen MR) is 89.7 cm³/mol. The van der Waals surface area contributed by atoms with Crippen LogP contribution in [0.25, 0.3) is 0 Å². The Morgan fingerprint density at radius 2 is 1.81 bits per heavy atom. The Morgan fingerprint density at radius 3 is 2.29 bits per heavy atom. The van der Waals surface area contributed by atoms with E-state index in [9.17, 15) is 0 Å². The number of rotatable bonds is 8.